The second kappa shape index (κ2) is 14.2. The summed E-state index contributed by atoms with van der Waals surface area (Å²) in [4.78, 5) is 3.55. The van der Waals surface area contributed by atoms with Crippen LogP contribution in [0.15, 0.2) is 0 Å². The highest BCUT2D eigenvalue weighted by Gasteiger charge is 2.45. The van der Waals surface area contributed by atoms with Gasteiger partial charge < -0.3 is 27.4 Å². The van der Waals surface area contributed by atoms with Crippen LogP contribution in [-0.4, -0.2) is 70.3 Å². The molecule has 0 heterocycles. The average Bonchev–Trinajstić information content (AvgIpc) is 2.61. The van der Waals surface area contributed by atoms with Gasteiger partial charge in [0.05, 0.1) is 5.67 Å². The van der Waals surface area contributed by atoms with E-state index in [1.54, 1.807) is 14.2 Å². The summed E-state index contributed by atoms with van der Waals surface area (Å²) in [7, 11) is -1.65. The van der Waals surface area contributed by atoms with E-state index in [2.05, 4.69) is 24.1 Å². The smallest absolute Gasteiger partial charge is 0.385 e. The SMILES string of the molecule is CCNC(CC)[Si](NCCC[Si](OCC)(OCC)OCC)(OC)OC. The van der Waals surface area contributed by atoms with Crippen molar-refractivity contribution >= 4 is 17.5 Å². The van der Waals surface area contributed by atoms with Crippen LogP contribution < -0.4 is 10.3 Å². The van der Waals surface area contributed by atoms with Gasteiger partial charge in [-0.05, 0) is 46.7 Å². The lowest BCUT2D eigenvalue weighted by molar-refractivity contribution is 0.0708. The summed E-state index contributed by atoms with van der Waals surface area (Å²) in [5, 5.41) is 3.48. The molecule has 0 rings (SSSR count). The Morgan fingerprint density at radius 2 is 1.36 bits per heavy atom. The molecule has 2 N–H and O–H groups in total. The van der Waals surface area contributed by atoms with E-state index in [-0.39, 0.29) is 5.67 Å². The molecule has 152 valence electrons. The van der Waals surface area contributed by atoms with Crippen molar-refractivity contribution in [2.75, 3.05) is 47.1 Å². The van der Waals surface area contributed by atoms with E-state index < -0.39 is 17.5 Å². The van der Waals surface area contributed by atoms with Crippen LogP contribution in [0, 0.1) is 0 Å². The molecular formula is C16H40N2O5Si2. The maximum Gasteiger partial charge on any atom is 0.500 e. The Labute approximate surface area is 156 Å². The Balaban J connectivity index is 4.79. The molecule has 7 nitrogen and oxygen atoms in total. The lowest BCUT2D eigenvalue weighted by atomic mass is 10.5. The van der Waals surface area contributed by atoms with Gasteiger partial charge in [-0.25, -0.2) is 0 Å². The predicted molar refractivity (Wildman–Crippen MR) is 106 cm³/mol. The fourth-order valence-electron chi connectivity index (χ4n) is 3.00. The highest BCUT2D eigenvalue weighted by Crippen LogP contribution is 2.18. The molecule has 0 saturated heterocycles. The van der Waals surface area contributed by atoms with Crippen LogP contribution >= 0.6 is 0 Å². The van der Waals surface area contributed by atoms with Crippen LogP contribution in [0.5, 0.6) is 0 Å². The van der Waals surface area contributed by atoms with Crippen LogP contribution in [-0.2, 0) is 22.1 Å². The van der Waals surface area contributed by atoms with Crippen LogP contribution in [0.2, 0.25) is 6.04 Å². The molecule has 0 aliphatic rings. The quantitative estimate of drug-likeness (QED) is 0.288. The van der Waals surface area contributed by atoms with E-state index in [4.69, 9.17) is 22.1 Å². The van der Waals surface area contributed by atoms with E-state index in [0.29, 0.717) is 19.8 Å². The lowest BCUT2D eigenvalue weighted by Gasteiger charge is -2.35. The standard InChI is InChI=1S/C16H40N2O5Si2/c1-8-16(17-9-2)25(19-6,20-7)18-14-13-15-24(21-10-3,22-11-4)23-12-5/h16-18H,8-15H2,1-7H3. The molecule has 0 aliphatic heterocycles. The third-order valence-electron chi connectivity index (χ3n) is 4.05. The zero-order valence-corrected chi connectivity index (χ0v) is 19.3. The lowest BCUT2D eigenvalue weighted by Crippen LogP contribution is -2.68. The third kappa shape index (κ3) is 8.14. The Bertz CT molecular complexity index is 306. The van der Waals surface area contributed by atoms with Gasteiger partial charge in [0, 0.05) is 40.1 Å². The molecule has 0 bridgehead atoms. The molecule has 1 unspecified atom stereocenters. The molecule has 0 fully saturated rings. The van der Waals surface area contributed by atoms with Gasteiger partial charge in [0.15, 0.2) is 0 Å². The first kappa shape index (κ1) is 25.2. The van der Waals surface area contributed by atoms with E-state index in [0.717, 1.165) is 32.0 Å². The first-order valence-electron chi connectivity index (χ1n) is 9.53. The molecule has 0 aromatic carbocycles. The largest absolute Gasteiger partial charge is 0.500 e. The van der Waals surface area contributed by atoms with Crippen molar-refractivity contribution in [3.05, 3.63) is 0 Å². The van der Waals surface area contributed by atoms with Crippen LogP contribution in [0.25, 0.3) is 0 Å². The molecule has 0 radical (unpaired) electrons. The highest BCUT2D eigenvalue weighted by atomic mass is 28.4. The summed E-state index contributed by atoms with van der Waals surface area (Å²) >= 11 is 0. The molecule has 0 aromatic heterocycles. The van der Waals surface area contributed by atoms with Crippen LogP contribution in [0.4, 0.5) is 0 Å². The van der Waals surface area contributed by atoms with Gasteiger partial charge in [-0.2, -0.15) is 0 Å². The number of rotatable bonds is 17. The van der Waals surface area contributed by atoms with Gasteiger partial charge in [-0.15, -0.1) is 0 Å². The van der Waals surface area contributed by atoms with Gasteiger partial charge in [0.2, 0.25) is 0 Å². The van der Waals surface area contributed by atoms with Gasteiger partial charge in [-0.3, -0.25) is 4.98 Å². The first-order valence-corrected chi connectivity index (χ1v) is 13.4. The second-order valence-corrected chi connectivity index (χ2v) is 11.5. The summed E-state index contributed by atoms with van der Waals surface area (Å²) in [5.74, 6) is 0. The van der Waals surface area contributed by atoms with Crippen molar-refractivity contribution in [1.82, 2.24) is 10.3 Å². The van der Waals surface area contributed by atoms with Crippen molar-refractivity contribution in [1.29, 1.82) is 0 Å². The Morgan fingerprint density at radius 1 is 0.840 bits per heavy atom. The summed E-state index contributed by atoms with van der Waals surface area (Å²) in [6, 6.07) is 0.783. The number of nitrogens with one attached hydrogen (secondary N) is 2. The molecule has 1 atom stereocenters. The van der Waals surface area contributed by atoms with Crippen molar-refractivity contribution < 1.29 is 22.1 Å². The first-order chi connectivity index (χ1) is 12.0. The summed E-state index contributed by atoms with van der Waals surface area (Å²) in [6.07, 6.45) is 1.83. The van der Waals surface area contributed by atoms with Gasteiger partial charge >= 0.3 is 17.5 Å². The summed E-state index contributed by atoms with van der Waals surface area (Å²) in [5.41, 5.74) is 0.195. The molecule has 9 heteroatoms. The maximum atomic E-state index is 5.91. The fourth-order valence-corrected chi connectivity index (χ4v) is 8.42. The topological polar surface area (TPSA) is 70.2 Å². The van der Waals surface area contributed by atoms with Crippen LogP contribution in [0.1, 0.15) is 47.5 Å². The van der Waals surface area contributed by atoms with Crippen molar-refractivity contribution in [2.24, 2.45) is 0 Å². The fraction of sp³-hybridized carbons (Fsp3) is 1.00. The minimum absolute atomic E-state index is 0.195. The molecule has 0 aliphatic carbocycles. The van der Waals surface area contributed by atoms with Gasteiger partial charge in [-0.1, -0.05) is 13.8 Å². The zero-order valence-electron chi connectivity index (χ0n) is 17.3. The number of hydrogen-bond acceptors (Lipinski definition) is 7. The Hall–Kier alpha value is 0.154. The summed E-state index contributed by atoms with van der Waals surface area (Å²) in [6.45, 7) is 13.7. The van der Waals surface area contributed by atoms with E-state index in [1.165, 1.54) is 0 Å². The average molecular weight is 397 g/mol. The summed E-state index contributed by atoms with van der Waals surface area (Å²) < 4.78 is 29.4. The van der Waals surface area contributed by atoms with Crippen molar-refractivity contribution in [3.8, 4) is 0 Å². The molecule has 0 amide bonds. The minimum atomic E-state index is -2.58. The molecule has 0 spiro atoms. The van der Waals surface area contributed by atoms with E-state index in [9.17, 15) is 0 Å². The predicted octanol–water partition coefficient (Wildman–Crippen LogP) is 2.17. The van der Waals surface area contributed by atoms with Crippen molar-refractivity contribution in [3.63, 3.8) is 0 Å². The molecule has 0 saturated carbocycles. The Morgan fingerprint density at radius 3 is 1.72 bits per heavy atom. The van der Waals surface area contributed by atoms with Crippen molar-refractivity contribution in [2.45, 2.75) is 59.2 Å². The monoisotopic (exact) mass is 396 g/mol. The van der Waals surface area contributed by atoms with Gasteiger partial charge in [0.1, 0.15) is 0 Å². The molecular weight excluding hydrogens is 356 g/mol. The maximum absolute atomic E-state index is 5.91. The minimum Gasteiger partial charge on any atom is -0.385 e. The molecule has 0 aromatic rings. The Kier molecular flexibility index (Phi) is 14.3. The van der Waals surface area contributed by atoms with Gasteiger partial charge in [0.25, 0.3) is 0 Å². The third-order valence-corrected chi connectivity index (χ3v) is 10.7. The molecule has 25 heavy (non-hydrogen) atoms. The number of hydrogen-bond donors (Lipinski definition) is 2. The zero-order chi connectivity index (χ0) is 19.2. The second-order valence-electron chi connectivity index (χ2n) is 5.61. The highest BCUT2D eigenvalue weighted by molar-refractivity contribution is 6.66. The van der Waals surface area contributed by atoms with E-state index in [1.807, 2.05) is 20.8 Å². The van der Waals surface area contributed by atoms with Crippen LogP contribution in [0.3, 0.4) is 0 Å². The van der Waals surface area contributed by atoms with E-state index >= 15 is 0 Å². The normalized spacial score (nSPS) is 14.0.